The fourth-order valence-electron chi connectivity index (χ4n) is 3.16. The molecule has 2 N–H and O–H groups in total. The lowest BCUT2D eigenvalue weighted by atomic mass is 10.0. The first-order valence-corrected chi connectivity index (χ1v) is 12.9. The smallest absolute Gasteiger partial charge is 0.327 e. The minimum atomic E-state index is -0.853. The molecule has 1 atom stereocenters. The topological polar surface area (TPSA) is 62.2 Å². The highest BCUT2D eigenvalue weighted by Gasteiger charge is 2.17. The fourth-order valence-corrected chi connectivity index (χ4v) is 4.11. The number of thioether (sulfide) groups is 1. The van der Waals surface area contributed by atoms with Crippen LogP contribution in [0.1, 0.15) is 72.4 Å². The molecule has 1 heterocycles. The van der Waals surface area contributed by atoms with Gasteiger partial charge in [0.1, 0.15) is 11.9 Å². The Morgan fingerprint density at radius 2 is 1.73 bits per heavy atom. The molecule has 0 aliphatic rings. The molecule has 0 amide bonds. The Bertz CT molecular complexity index is 860. The Morgan fingerprint density at radius 3 is 2.36 bits per heavy atom. The molecule has 0 radical (unpaired) electrons. The van der Waals surface area contributed by atoms with Gasteiger partial charge in [-0.25, -0.2) is 9.78 Å². The number of carboxylic acids is 1. The first kappa shape index (κ1) is 28.8. The maximum atomic E-state index is 11.7. The van der Waals surface area contributed by atoms with Crippen molar-refractivity contribution < 1.29 is 9.90 Å². The summed E-state index contributed by atoms with van der Waals surface area (Å²) in [6.45, 7) is 12.7. The zero-order chi connectivity index (χ0) is 24.6. The number of hydrogen-bond donors (Lipinski definition) is 2. The molecule has 0 spiro atoms. The number of carbonyl (C=O) groups is 1. The van der Waals surface area contributed by atoms with E-state index in [4.69, 9.17) is 0 Å². The number of allylic oxidation sites excluding steroid dienone is 7. The van der Waals surface area contributed by atoms with E-state index in [2.05, 4.69) is 69.2 Å². The minimum absolute atomic E-state index is 0.487. The maximum Gasteiger partial charge on any atom is 0.327 e. The number of anilines is 1. The van der Waals surface area contributed by atoms with Gasteiger partial charge >= 0.3 is 5.97 Å². The number of hydrogen-bond acceptors (Lipinski definition) is 4. The second kappa shape index (κ2) is 16.4. The van der Waals surface area contributed by atoms with Gasteiger partial charge < -0.3 is 10.4 Å². The largest absolute Gasteiger partial charge is 0.480 e. The first-order valence-electron chi connectivity index (χ1n) is 11.8. The standard InChI is InChI=1S/C28H42N2O2S/c1-21(2)10-7-11-23(5)12-8-14-25(17-16-22(3)4)18-19-33-20-26(28(31)32)30-27-15-9-13-24(6)29-27/h9-10,12-13,15-16,18,26H,7-8,11,14,17,19-20H2,1-6H3,(H,29,30)(H,31,32). The van der Waals surface area contributed by atoms with Crippen molar-refractivity contribution in [3.05, 3.63) is 70.5 Å². The van der Waals surface area contributed by atoms with E-state index in [0.29, 0.717) is 11.6 Å². The number of pyridine rings is 1. The normalized spacial score (nSPS) is 12.8. The molecule has 0 bridgehead atoms. The van der Waals surface area contributed by atoms with E-state index < -0.39 is 12.0 Å². The summed E-state index contributed by atoms with van der Waals surface area (Å²) in [5, 5.41) is 12.6. The first-order chi connectivity index (χ1) is 15.7. The molecule has 0 aliphatic heterocycles. The molecule has 33 heavy (non-hydrogen) atoms. The number of carboxylic acid groups (broad SMARTS) is 1. The van der Waals surface area contributed by atoms with Crippen LogP contribution in [0.5, 0.6) is 0 Å². The molecule has 4 nitrogen and oxygen atoms in total. The summed E-state index contributed by atoms with van der Waals surface area (Å²) in [6, 6.07) is 4.92. The molecule has 0 aromatic carbocycles. The van der Waals surface area contributed by atoms with Crippen LogP contribution in [0.2, 0.25) is 0 Å². The summed E-state index contributed by atoms with van der Waals surface area (Å²) in [4.78, 5) is 16.0. The highest BCUT2D eigenvalue weighted by atomic mass is 32.2. The van der Waals surface area contributed by atoms with Crippen LogP contribution in [0.3, 0.4) is 0 Å². The summed E-state index contributed by atoms with van der Waals surface area (Å²) in [5.74, 6) is 1.05. The number of nitrogens with zero attached hydrogens (tertiary/aromatic N) is 1. The third kappa shape index (κ3) is 14.5. The molecule has 0 saturated heterocycles. The molecule has 1 aromatic heterocycles. The molecular formula is C28H42N2O2S. The zero-order valence-electron chi connectivity index (χ0n) is 21.3. The van der Waals surface area contributed by atoms with E-state index in [0.717, 1.165) is 43.6 Å². The van der Waals surface area contributed by atoms with E-state index >= 15 is 0 Å². The van der Waals surface area contributed by atoms with Crippen LogP contribution in [0.25, 0.3) is 0 Å². The van der Waals surface area contributed by atoms with Gasteiger partial charge in [-0.2, -0.15) is 11.8 Å². The van der Waals surface area contributed by atoms with E-state index in [-0.39, 0.29) is 0 Å². The van der Waals surface area contributed by atoms with Gasteiger partial charge in [-0.3, -0.25) is 0 Å². The number of nitrogens with one attached hydrogen (secondary N) is 1. The number of aromatic nitrogens is 1. The highest BCUT2D eigenvalue weighted by Crippen LogP contribution is 2.18. The molecule has 1 aromatic rings. The van der Waals surface area contributed by atoms with Gasteiger partial charge in [0.05, 0.1) is 0 Å². The van der Waals surface area contributed by atoms with Crippen molar-refractivity contribution in [1.82, 2.24) is 4.98 Å². The predicted molar refractivity (Wildman–Crippen MR) is 145 cm³/mol. The average Bonchev–Trinajstić information content (AvgIpc) is 2.73. The van der Waals surface area contributed by atoms with Gasteiger partial charge in [0, 0.05) is 17.2 Å². The number of rotatable bonds is 15. The minimum Gasteiger partial charge on any atom is -0.480 e. The summed E-state index contributed by atoms with van der Waals surface area (Å²) in [7, 11) is 0. The second-order valence-electron chi connectivity index (χ2n) is 8.99. The van der Waals surface area contributed by atoms with Crippen molar-refractivity contribution in [2.24, 2.45) is 0 Å². The van der Waals surface area contributed by atoms with Crippen molar-refractivity contribution >= 4 is 23.5 Å². The molecular weight excluding hydrogens is 428 g/mol. The van der Waals surface area contributed by atoms with E-state index in [9.17, 15) is 9.90 Å². The quantitative estimate of drug-likeness (QED) is 0.203. The third-order valence-electron chi connectivity index (χ3n) is 5.10. The Hall–Kier alpha value is -2.27. The van der Waals surface area contributed by atoms with Gasteiger partial charge in [-0.15, -0.1) is 0 Å². The van der Waals surface area contributed by atoms with Crippen molar-refractivity contribution in [3.63, 3.8) is 0 Å². The van der Waals surface area contributed by atoms with Crippen LogP contribution in [-0.2, 0) is 4.79 Å². The van der Waals surface area contributed by atoms with Gasteiger partial charge in [-0.05, 0) is 85.8 Å². The van der Waals surface area contributed by atoms with Crippen molar-refractivity contribution in [2.45, 2.75) is 79.7 Å². The molecule has 0 fully saturated rings. The molecule has 0 aliphatic carbocycles. The number of aryl methyl sites for hydroxylation is 1. The van der Waals surface area contributed by atoms with E-state index in [1.807, 2.05) is 19.1 Å². The predicted octanol–water partition coefficient (Wildman–Crippen LogP) is 7.74. The Labute approximate surface area is 205 Å². The maximum absolute atomic E-state index is 11.7. The summed E-state index contributed by atoms with van der Waals surface area (Å²) in [5.41, 5.74) is 6.43. The van der Waals surface area contributed by atoms with Gasteiger partial charge in [0.25, 0.3) is 0 Å². The summed E-state index contributed by atoms with van der Waals surface area (Å²) < 4.78 is 0. The molecule has 1 unspecified atom stereocenters. The second-order valence-corrected chi connectivity index (χ2v) is 10.1. The SMILES string of the molecule is CC(C)=CCCC(C)=CCCC(=CCSCC(Nc1cccc(C)n1)C(=O)O)CC=C(C)C. The molecule has 0 saturated carbocycles. The monoisotopic (exact) mass is 470 g/mol. The van der Waals surface area contributed by atoms with Crippen LogP contribution in [-0.4, -0.2) is 33.6 Å². The lowest BCUT2D eigenvalue weighted by Crippen LogP contribution is -2.32. The molecule has 1 rings (SSSR count). The van der Waals surface area contributed by atoms with Crippen molar-refractivity contribution in [2.75, 3.05) is 16.8 Å². The lowest BCUT2D eigenvalue weighted by Gasteiger charge is -2.15. The van der Waals surface area contributed by atoms with Crippen molar-refractivity contribution in [3.8, 4) is 0 Å². The van der Waals surface area contributed by atoms with Gasteiger partial charge in [0.15, 0.2) is 0 Å². The lowest BCUT2D eigenvalue weighted by molar-refractivity contribution is -0.137. The number of aliphatic carboxylic acids is 1. The van der Waals surface area contributed by atoms with Crippen LogP contribution in [0.15, 0.2) is 64.8 Å². The van der Waals surface area contributed by atoms with Gasteiger partial charge in [-0.1, -0.05) is 52.7 Å². The molecule has 5 heteroatoms. The van der Waals surface area contributed by atoms with Crippen LogP contribution < -0.4 is 5.32 Å². The van der Waals surface area contributed by atoms with Crippen molar-refractivity contribution in [1.29, 1.82) is 0 Å². The Morgan fingerprint density at radius 1 is 1.03 bits per heavy atom. The highest BCUT2D eigenvalue weighted by molar-refractivity contribution is 7.99. The van der Waals surface area contributed by atoms with E-state index in [1.54, 1.807) is 17.8 Å². The Balaban J connectivity index is 2.61. The average molecular weight is 471 g/mol. The Kier molecular flexibility index (Phi) is 14.3. The van der Waals surface area contributed by atoms with Crippen LogP contribution >= 0.6 is 11.8 Å². The third-order valence-corrected chi connectivity index (χ3v) is 6.08. The summed E-state index contributed by atoms with van der Waals surface area (Å²) >= 11 is 1.64. The summed E-state index contributed by atoms with van der Waals surface area (Å²) in [6.07, 6.45) is 14.5. The fraction of sp³-hybridized carbons (Fsp3) is 0.500. The zero-order valence-corrected chi connectivity index (χ0v) is 22.1. The van der Waals surface area contributed by atoms with Crippen LogP contribution in [0.4, 0.5) is 5.82 Å². The van der Waals surface area contributed by atoms with Crippen LogP contribution in [0, 0.1) is 6.92 Å². The van der Waals surface area contributed by atoms with Gasteiger partial charge in [0.2, 0.25) is 0 Å². The molecule has 182 valence electrons. The van der Waals surface area contributed by atoms with E-state index in [1.165, 1.54) is 22.3 Å².